The van der Waals surface area contributed by atoms with Crippen molar-refractivity contribution in [2.45, 2.75) is 13.3 Å². The number of hydrogen-bond acceptors (Lipinski definition) is 5. The smallest absolute Gasteiger partial charge is 0.254 e. The highest BCUT2D eigenvalue weighted by molar-refractivity contribution is 6.30. The molecule has 0 spiro atoms. The SMILES string of the molecule is CC(=O)c1ccc(Nc2ncc(C(=O)NCCc3ccc(Cl)cc3)cn2)cc1. The molecule has 142 valence electrons. The predicted molar refractivity (Wildman–Crippen MR) is 109 cm³/mol. The van der Waals surface area contributed by atoms with E-state index in [0.29, 0.717) is 35.1 Å². The summed E-state index contributed by atoms with van der Waals surface area (Å²) in [6.45, 7) is 2.02. The standard InChI is InChI=1S/C21H19ClN4O2/c1-14(27)16-4-8-19(9-5-16)26-21-24-12-17(13-25-21)20(28)23-11-10-15-2-6-18(22)7-3-15/h2-9,12-13H,10-11H2,1H3,(H,23,28)(H,24,25,26). The van der Waals surface area contributed by atoms with Gasteiger partial charge in [-0.1, -0.05) is 23.7 Å². The van der Waals surface area contributed by atoms with E-state index in [4.69, 9.17) is 11.6 Å². The number of ketones is 1. The number of nitrogens with zero attached hydrogens (tertiary/aromatic N) is 2. The minimum atomic E-state index is -0.230. The van der Waals surface area contributed by atoms with Crippen molar-refractivity contribution < 1.29 is 9.59 Å². The van der Waals surface area contributed by atoms with Gasteiger partial charge in [-0.2, -0.15) is 0 Å². The van der Waals surface area contributed by atoms with Crippen LogP contribution in [0.25, 0.3) is 0 Å². The quantitative estimate of drug-likeness (QED) is 0.590. The molecule has 0 saturated heterocycles. The first-order valence-electron chi connectivity index (χ1n) is 8.74. The zero-order chi connectivity index (χ0) is 19.9. The van der Waals surface area contributed by atoms with Crippen molar-refractivity contribution >= 4 is 34.9 Å². The van der Waals surface area contributed by atoms with Gasteiger partial charge in [-0.15, -0.1) is 0 Å². The summed E-state index contributed by atoms with van der Waals surface area (Å²) in [5, 5.41) is 6.56. The maximum Gasteiger partial charge on any atom is 0.254 e. The number of amides is 1. The molecular formula is C21H19ClN4O2. The van der Waals surface area contributed by atoms with Crippen molar-refractivity contribution in [1.29, 1.82) is 0 Å². The monoisotopic (exact) mass is 394 g/mol. The second-order valence-electron chi connectivity index (χ2n) is 6.19. The van der Waals surface area contributed by atoms with Gasteiger partial charge < -0.3 is 10.6 Å². The average molecular weight is 395 g/mol. The van der Waals surface area contributed by atoms with Gasteiger partial charge >= 0.3 is 0 Å². The van der Waals surface area contributed by atoms with Crippen molar-refractivity contribution in [2.75, 3.05) is 11.9 Å². The van der Waals surface area contributed by atoms with Gasteiger partial charge in [0.05, 0.1) is 5.56 Å². The minimum Gasteiger partial charge on any atom is -0.352 e. The van der Waals surface area contributed by atoms with E-state index in [2.05, 4.69) is 20.6 Å². The zero-order valence-corrected chi connectivity index (χ0v) is 16.0. The van der Waals surface area contributed by atoms with Gasteiger partial charge in [-0.25, -0.2) is 9.97 Å². The molecule has 0 atom stereocenters. The lowest BCUT2D eigenvalue weighted by atomic mass is 10.1. The Morgan fingerprint density at radius 3 is 2.18 bits per heavy atom. The van der Waals surface area contributed by atoms with Gasteiger partial charge in [0.2, 0.25) is 5.95 Å². The summed E-state index contributed by atoms with van der Waals surface area (Å²) in [6.07, 6.45) is 3.65. The normalized spacial score (nSPS) is 10.4. The van der Waals surface area contributed by atoms with Crippen LogP contribution in [-0.4, -0.2) is 28.2 Å². The van der Waals surface area contributed by atoms with Crippen LogP contribution in [0.1, 0.15) is 33.2 Å². The summed E-state index contributed by atoms with van der Waals surface area (Å²) < 4.78 is 0. The van der Waals surface area contributed by atoms with Crippen LogP contribution in [-0.2, 0) is 6.42 Å². The van der Waals surface area contributed by atoms with E-state index < -0.39 is 0 Å². The topological polar surface area (TPSA) is 84.0 Å². The summed E-state index contributed by atoms with van der Waals surface area (Å²) in [7, 11) is 0. The van der Waals surface area contributed by atoms with Crippen molar-refractivity contribution in [3.63, 3.8) is 0 Å². The van der Waals surface area contributed by atoms with E-state index in [1.54, 1.807) is 24.3 Å². The summed E-state index contributed by atoms with van der Waals surface area (Å²) in [6, 6.07) is 14.5. The van der Waals surface area contributed by atoms with E-state index in [-0.39, 0.29) is 11.7 Å². The lowest BCUT2D eigenvalue weighted by Crippen LogP contribution is -2.26. The molecule has 1 amide bonds. The van der Waals surface area contributed by atoms with Gasteiger partial charge in [-0.3, -0.25) is 9.59 Å². The number of Topliss-reactive ketones (excluding diaryl/α,β-unsaturated/α-hetero) is 1. The molecule has 7 heteroatoms. The Hall–Kier alpha value is -3.25. The molecule has 0 unspecified atom stereocenters. The van der Waals surface area contributed by atoms with Crippen molar-refractivity contribution in [3.8, 4) is 0 Å². The third-order valence-electron chi connectivity index (χ3n) is 4.07. The summed E-state index contributed by atoms with van der Waals surface area (Å²) in [5.74, 6) is 0.147. The molecule has 0 bridgehead atoms. The van der Waals surface area contributed by atoms with Crippen LogP contribution in [0, 0.1) is 0 Å². The fourth-order valence-electron chi connectivity index (χ4n) is 2.50. The Kier molecular flexibility index (Phi) is 6.34. The summed E-state index contributed by atoms with van der Waals surface area (Å²) in [4.78, 5) is 31.8. The molecule has 2 aromatic carbocycles. The van der Waals surface area contributed by atoms with Crippen LogP contribution in [0.15, 0.2) is 60.9 Å². The largest absolute Gasteiger partial charge is 0.352 e. The van der Waals surface area contributed by atoms with Crippen LogP contribution in [0.2, 0.25) is 5.02 Å². The fourth-order valence-corrected chi connectivity index (χ4v) is 2.63. The number of hydrogen-bond donors (Lipinski definition) is 2. The van der Waals surface area contributed by atoms with E-state index in [1.807, 2.05) is 24.3 Å². The molecule has 1 aromatic heterocycles. The zero-order valence-electron chi connectivity index (χ0n) is 15.3. The number of anilines is 2. The third kappa shape index (κ3) is 5.37. The Morgan fingerprint density at radius 1 is 0.929 bits per heavy atom. The molecule has 1 heterocycles. The van der Waals surface area contributed by atoms with Crippen LogP contribution < -0.4 is 10.6 Å². The lowest BCUT2D eigenvalue weighted by Gasteiger charge is -2.07. The van der Waals surface area contributed by atoms with Crippen LogP contribution >= 0.6 is 11.6 Å². The molecule has 28 heavy (non-hydrogen) atoms. The highest BCUT2D eigenvalue weighted by Gasteiger charge is 2.07. The molecule has 0 aliphatic rings. The van der Waals surface area contributed by atoms with E-state index in [1.165, 1.54) is 19.3 Å². The molecule has 3 rings (SSSR count). The molecule has 2 N–H and O–H groups in total. The first-order chi connectivity index (χ1) is 13.5. The van der Waals surface area contributed by atoms with E-state index in [0.717, 1.165) is 11.3 Å². The molecule has 0 fully saturated rings. The van der Waals surface area contributed by atoms with Crippen molar-refractivity contribution in [2.24, 2.45) is 0 Å². The van der Waals surface area contributed by atoms with Gasteiger partial charge in [0.1, 0.15) is 0 Å². The van der Waals surface area contributed by atoms with Gasteiger partial charge in [-0.05, 0) is 55.3 Å². The number of rotatable bonds is 7. The second kappa shape index (κ2) is 9.10. The fraction of sp³-hybridized carbons (Fsp3) is 0.143. The highest BCUT2D eigenvalue weighted by atomic mass is 35.5. The molecule has 0 saturated carbocycles. The Balaban J connectivity index is 1.52. The first kappa shape index (κ1) is 19.5. The number of halogens is 1. The number of benzene rings is 2. The van der Waals surface area contributed by atoms with Crippen LogP contribution in [0.3, 0.4) is 0 Å². The van der Waals surface area contributed by atoms with Gasteiger partial charge in [0.15, 0.2) is 5.78 Å². The number of carbonyl (C=O) groups is 2. The van der Waals surface area contributed by atoms with E-state index in [9.17, 15) is 9.59 Å². The average Bonchev–Trinajstić information content (AvgIpc) is 2.70. The van der Waals surface area contributed by atoms with Crippen molar-refractivity contribution in [1.82, 2.24) is 15.3 Å². The molecule has 3 aromatic rings. The molecular weight excluding hydrogens is 376 g/mol. The summed E-state index contributed by atoms with van der Waals surface area (Å²) >= 11 is 5.86. The first-order valence-corrected chi connectivity index (χ1v) is 9.12. The maximum absolute atomic E-state index is 12.2. The second-order valence-corrected chi connectivity index (χ2v) is 6.62. The predicted octanol–water partition coefficient (Wildman–Crippen LogP) is 4.05. The van der Waals surface area contributed by atoms with E-state index >= 15 is 0 Å². The van der Waals surface area contributed by atoms with Crippen LogP contribution in [0.4, 0.5) is 11.6 Å². The third-order valence-corrected chi connectivity index (χ3v) is 4.33. The minimum absolute atomic E-state index is 0.00854. The molecule has 0 aliphatic heterocycles. The number of carbonyl (C=O) groups excluding carboxylic acids is 2. The molecule has 0 aliphatic carbocycles. The lowest BCUT2D eigenvalue weighted by molar-refractivity contribution is 0.0952. The number of aromatic nitrogens is 2. The van der Waals surface area contributed by atoms with Gasteiger partial charge in [0.25, 0.3) is 5.91 Å². The Bertz CT molecular complexity index is 955. The molecule has 0 radical (unpaired) electrons. The number of nitrogens with one attached hydrogen (secondary N) is 2. The maximum atomic E-state index is 12.2. The Morgan fingerprint density at radius 2 is 1.57 bits per heavy atom. The van der Waals surface area contributed by atoms with Crippen molar-refractivity contribution in [3.05, 3.63) is 82.6 Å². The Labute approximate surface area is 168 Å². The summed E-state index contributed by atoms with van der Waals surface area (Å²) in [5.41, 5.74) is 2.87. The highest BCUT2D eigenvalue weighted by Crippen LogP contribution is 2.14. The van der Waals surface area contributed by atoms with Crippen LogP contribution in [0.5, 0.6) is 0 Å². The molecule has 6 nitrogen and oxygen atoms in total. The van der Waals surface area contributed by atoms with Gasteiger partial charge in [0, 0.05) is 35.2 Å².